The Hall–Kier alpha value is -1.83. The number of nitrogens with zero attached hydrogens (tertiary/aromatic N) is 1. The first-order chi connectivity index (χ1) is 7.24. The Morgan fingerprint density at radius 1 is 1.38 bits per heavy atom. The number of nitrogen functional groups attached to an aromatic ring is 1. The number of nitrogens with two attached hydrogens (primary N) is 3. The summed E-state index contributed by atoms with van der Waals surface area (Å²) >= 11 is 0. The van der Waals surface area contributed by atoms with E-state index in [1.165, 1.54) is 6.92 Å². The normalized spacial score (nSPS) is 11.1. The van der Waals surface area contributed by atoms with Gasteiger partial charge in [0.15, 0.2) is 0 Å². The molecule has 1 rings (SSSR count). The van der Waals surface area contributed by atoms with Crippen molar-refractivity contribution in [2.24, 2.45) is 15.9 Å². The molecule has 0 unspecified atom stereocenters. The SMILES string of the molecule is Cc1cc(S(=O)(=O)N=C(N)N)cc(N)c1F. The van der Waals surface area contributed by atoms with Gasteiger partial charge in [0, 0.05) is 0 Å². The summed E-state index contributed by atoms with van der Waals surface area (Å²) in [6.45, 7) is 1.39. The molecule has 16 heavy (non-hydrogen) atoms. The van der Waals surface area contributed by atoms with Crippen molar-refractivity contribution in [1.29, 1.82) is 0 Å². The highest BCUT2D eigenvalue weighted by Gasteiger charge is 2.16. The fraction of sp³-hybridized carbons (Fsp3) is 0.125. The van der Waals surface area contributed by atoms with Gasteiger partial charge in [-0.25, -0.2) is 4.39 Å². The number of sulfonamides is 1. The summed E-state index contributed by atoms with van der Waals surface area (Å²) < 4.78 is 39.3. The maximum absolute atomic E-state index is 13.2. The third-order valence-electron chi connectivity index (χ3n) is 1.78. The van der Waals surface area contributed by atoms with Crippen molar-refractivity contribution in [2.45, 2.75) is 11.8 Å². The molecule has 8 heteroatoms. The number of hydrogen-bond donors (Lipinski definition) is 3. The molecule has 0 spiro atoms. The number of aryl methyl sites for hydroxylation is 1. The average molecular weight is 246 g/mol. The summed E-state index contributed by atoms with van der Waals surface area (Å²) in [5, 5.41) is 0. The molecular weight excluding hydrogens is 235 g/mol. The Morgan fingerprint density at radius 2 is 1.94 bits per heavy atom. The highest BCUT2D eigenvalue weighted by Crippen LogP contribution is 2.21. The van der Waals surface area contributed by atoms with Gasteiger partial charge in [0.1, 0.15) is 5.82 Å². The van der Waals surface area contributed by atoms with Crippen LogP contribution in [0.3, 0.4) is 0 Å². The molecule has 6 N–H and O–H groups in total. The lowest BCUT2D eigenvalue weighted by molar-refractivity contribution is 0.596. The summed E-state index contributed by atoms with van der Waals surface area (Å²) in [4.78, 5) is -0.252. The van der Waals surface area contributed by atoms with E-state index < -0.39 is 21.8 Å². The third-order valence-corrected chi connectivity index (χ3v) is 3.06. The largest absolute Gasteiger partial charge is 0.396 e. The maximum Gasteiger partial charge on any atom is 0.285 e. The van der Waals surface area contributed by atoms with Crippen molar-refractivity contribution in [1.82, 2.24) is 0 Å². The van der Waals surface area contributed by atoms with E-state index in [1.807, 2.05) is 0 Å². The molecule has 0 radical (unpaired) electrons. The van der Waals surface area contributed by atoms with E-state index >= 15 is 0 Å². The number of guanidine groups is 1. The first-order valence-corrected chi connectivity index (χ1v) is 5.59. The van der Waals surface area contributed by atoms with E-state index in [9.17, 15) is 12.8 Å². The maximum atomic E-state index is 13.2. The van der Waals surface area contributed by atoms with Crippen molar-refractivity contribution in [3.63, 3.8) is 0 Å². The predicted molar refractivity (Wildman–Crippen MR) is 58.5 cm³/mol. The second-order valence-electron chi connectivity index (χ2n) is 3.13. The molecule has 0 aliphatic heterocycles. The van der Waals surface area contributed by atoms with Crippen molar-refractivity contribution in [3.05, 3.63) is 23.5 Å². The number of halogens is 1. The van der Waals surface area contributed by atoms with Crippen LogP contribution in [-0.4, -0.2) is 14.4 Å². The van der Waals surface area contributed by atoms with Crippen LogP contribution in [0.5, 0.6) is 0 Å². The molecule has 0 atom stereocenters. The molecule has 0 saturated heterocycles. The molecule has 6 nitrogen and oxygen atoms in total. The van der Waals surface area contributed by atoms with Crippen LogP contribution in [0.2, 0.25) is 0 Å². The zero-order valence-corrected chi connectivity index (χ0v) is 9.25. The molecular formula is C8H11FN4O2S. The van der Waals surface area contributed by atoms with Crippen LogP contribution in [0.4, 0.5) is 10.1 Å². The van der Waals surface area contributed by atoms with Gasteiger partial charge in [-0.2, -0.15) is 8.42 Å². The van der Waals surface area contributed by atoms with Crippen LogP contribution in [-0.2, 0) is 10.0 Å². The quantitative estimate of drug-likeness (QED) is 0.374. The smallest absolute Gasteiger partial charge is 0.285 e. The minimum atomic E-state index is -4.03. The van der Waals surface area contributed by atoms with Gasteiger partial charge in [0.25, 0.3) is 10.0 Å². The molecule has 88 valence electrons. The first-order valence-electron chi connectivity index (χ1n) is 4.15. The van der Waals surface area contributed by atoms with Crippen LogP contribution < -0.4 is 17.2 Å². The molecule has 0 heterocycles. The summed E-state index contributed by atoms with van der Waals surface area (Å²) in [6, 6.07) is 2.07. The number of benzene rings is 1. The number of rotatable bonds is 2. The highest BCUT2D eigenvalue weighted by molar-refractivity contribution is 7.90. The summed E-state index contributed by atoms with van der Waals surface area (Å²) in [5.41, 5.74) is 15.1. The monoisotopic (exact) mass is 246 g/mol. The zero-order chi connectivity index (χ0) is 12.5. The predicted octanol–water partition coefficient (Wildman–Crippen LogP) is -0.322. The van der Waals surface area contributed by atoms with E-state index in [0.29, 0.717) is 0 Å². The van der Waals surface area contributed by atoms with Crippen LogP contribution in [0.25, 0.3) is 0 Å². The lowest BCUT2D eigenvalue weighted by Gasteiger charge is -2.04. The van der Waals surface area contributed by atoms with Gasteiger partial charge in [0.05, 0.1) is 10.6 Å². The fourth-order valence-corrected chi connectivity index (χ4v) is 2.09. The molecule has 0 saturated carbocycles. The minimum Gasteiger partial charge on any atom is -0.396 e. The van der Waals surface area contributed by atoms with Gasteiger partial charge in [-0.1, -0.05) is 0 Å². The molecule has 0 amide bonds. The lowest BCUT2D eigenvalue weighted by atomic mass is 10.2. The summed E-state index contributed by atoms with van der Waals surface area (Å²) in [5.74, 6) is -1.26. The Morgan fingerprint density at radius 3 is 2.38 bits per heavy atom. The van der Waals surface area contributed by atoms with Crippen LogP contribution in [0.15, 0.2) is 21.4 Å². The van der Waals surface area contributed by atoms with Crippen molar-refractivity contribution in [3.8, 4) is 0 Å². The molecule has 0 aromatic heterocycles. The van der Waals surface area contributed by atoms with Crippen molar-refractivity contribution < 1.29 is 12.8 Å². The van der Waals surface area contributed by atoms with Gasteiger partial charge >= 0.3 is 0 Å². The molecule has 1 aromatic carbocycles. The first kappa shape index (κ1) is 12.2. The van der Waals surface area contributed by atoms with Gasteiger partial charge < -0.3 is 17.2 Å². The van der Waals surface area contributed by atoms with Crippen LogP contribution in [0, 0.1) is 12.7 Å². The number of anilines is 1. The van der Waals surface area contributed by atoms with Gasteiger partial charge in [-0.3, -0.25) is 0 Å². The van der Waals surface area contributed by atoms with E-state index in [4.69, 9.17) is 17.2 Å². The number of hydrogen-bond acceptors (Lipinski definition) is 3. The Kier molecular flexibility index (Phi) is 3.04. The standard InChI is InChI=1S/C8H11FN4O2S/c1-4-2-5(3-6(10)7(4)9)16(14,15)13-8(11)12/h2-3H,10H2,1H3,(H4,11,12,13). The van der Waals surface area contributed by atoms with Crippen LogP contribution >= 0.6 is 0 Å². The van der Waals surface area contributed by atoms with Crippen LogP contribution in [0.1, 0.15) is 5.56 Å². The van der Waals surface area contributed by atoms with E-state index in [2.05, 4.69) is 4.40 Å². The van der Waals surface area contributed by atoms with E-state index in [-0.39, 0.29) is 16.1 Å². The fourth-order valence-electron chi connectivity index (χ4n) is 1.10. The van der Waals surface area contributed by atoms with E-state index in [1.54, 1.807) is 0 Å². The third kappa shape index (κ3) is 2.40. The molecule has 0 aliphatic carbocycles. The van der Waals surface area contributed by atoms with E-state index in [0.717, 1.165) is 12.1 Å². The zero-order valence-electron chi connectivity index (χ0n) is 8.44. The highest BCUT2D eigenvalue weighted by atomic mass is 32.2. The Balaban J connectivity index is 3.42. The molecule has 0 aliphatic rings. The average Bonchev–Trinajstić information content (AvgIpc) is 2.11. The molecule has 0 fully saturated rings. The second-order valence-corrected chi connectivity index (χ2v) is 4.74. The Labute approximate surface area is 92.0 Å². The van der Waals surface area contributed by atoms with Crippen molar-refractivity contribution >= 4 is 21.7 Å². The Bertz CT molecular complexity index is 526. The molecule has 0 bridgehead atoms. The lowest BCUT2D eigenvalue weighted by Crippen LogP contribution is -2.24. The second kappa shape index (κ2) is 3.97. The topological polar surface area (TPSA) is 125 Å². The minimum absolute atomic E-state index is 0.101. The van der Waals surface area contributed by atoms with Crippen molar-refractivity contribution in [2.75, 3.05) is 5.73 Å². The molecule has 1 aromatic rings. The summed E-state index contributed by atoms with van der Waals surface area (Å²) in [7, 11) is -4.03. The summed E-state index contributed by atoms with van der Waals surface area (Å²) in [6.07, 6.45) is 0. The van der Waals surface area contributed by atoms with Gasteiger partial charge in [0.2, 0.25) is 5.96 Å². The van der Waals surface area contributed by atoms with Gasteiger partial charge in [-0.05, 0) is 24.6 Å². The van der Waals surface area contributed by atoms with Gasteiger partial charge in [-0.15, -0.1) is 4.40 Å².